The van der Waals surface area contributed by atoms with Crippen LogP contribution in [0.25, 0.3) is 11.4 Å². The van der Waals surface area contributed by atoms with Crippen LogP contribution in [-0.2, 0) is 16.4 Å². The molecule has 3 aromatic rings. The molecule has 0 saturated carbocycles. The number of benzene rings is 2. The molecule has 1 N–H and O–H groups in total. The zero-order valence-electron chi connectivity index (χ0n) is 18.2. The number of aromatic nitrogens is 2. The van der Waals surface area contributed by atoms with Crippen LogP contribution in [0.5, 0.6) is 0 Å². The average Bonchev–Trinajstić information content (AvgIpc) is 3.31. The van der Waals surface area contributed by atoms with Crippen LogP contribution in [0.15, 0.2) is 57.9 Å². The van der Waals surface area contributed by atoms with E-state index in [4.69, 9.17) is 16.1 Å². The summed E-state index contributed by atoms with van der Waals surface area (Å²) in [5.74, 6) is 0.135. The molecule has 2 heterocycles. The second-order valence-corrected chi connectivity index (χ2v) is 10.5. The van der Waals surface area contributed by atoms with Crippen LogP contribution in [0.1, 0.15) is 36.0 Å². The predicted octanol–water partition coefficient (Wildman–Crippen LogP) is 3.78. The number of carbonyl (C=O) groups excluding carboxylic acids is 1. The molecule has 2 aromatic carbocycles. The third kappa shape index (κ3) is 5.61. The standard InChI is InChI=1S/C23H25ClN4O4S/c1-16-11-14-28(15-12-16)33(30,31)20-8-4-18(5-9-20)21-26-23(32-27-21)22(29)25-13-10-17-2-6-19(24)7-3-17/h2-9,16H,10-15H2,1H3,(H,25,29). The van der Waals surface area contributed by atoms with Gasteiger partial charge in [-0.1, -0.05) is 35.8 Å². The maximum atomic E-state index is 12.9. The van der Waals surface area contributed by atoms with Crippen LogP contribution in [0.4, 0.5) is 0 Å². The van der Waals surface area contributed by atoms with Crippen molar-refractivity contribution in [3.63, 3.8) is 0 Å². The topological polar surface area (TPSA) is 105 Å². The number of hydrogen-bond acceptors (Lipinski definition) is 6. The molecule has 1 aliphatic rings. The Morgan fingerprint density at radius 2 is 1.79 bits per heavy atom. The third-order valence-electron chi connectivity index (χ3n) is 5.73. The Balaban J connectivity index is 1.36. The zero-order valence-corrected chi connectivity index (χ0v) is 19.8. The molecule has 0 bridgehead atoms. The molecule has 174 valence electrons. The van der Waals surface area contributed by atoms with E-state index in [0.29, 0.717) is 42.6 Å². The summed E-state index contributed by atoms with van der Waals surface area (Å²) in [5.41, 5.74) is 1.60. The highest BCUT2D eigenvalue weighted by Crippen LogP contribution is 2.25. The van der Waals surface area contributed by atoms with Gasteiger partial charge in [-0.15, -0.1) is 0 Å². The summed E-state index contributed by atoms with van der Waals surface area (Å²) >= 11 is 5.87. The summed E-state index contributed by atoms with van der Waals surface area (Å²) in [6, 6.07) is 13.7. The summed E-state index contributed by atoms with van der Waals surface area (Å²) in [6.07, 6.45) is 2.37. The van der Waals surface area contributed by atoms with E-state index in [2.05, 4.69) is 22.4 Å². The fourth-order valence-corrected chi connectivity index (χ4v) is 5.23. The fraction of sp³-hybridized carbons (Fsp3) is 0.348. The number of piperidine rings is 1. The van der Waals surface area contributed by atoms with Crippen LogP contribution in [0, 0.1) is 5.92 Å². The lowest BCUT2D eigenvalue weighted by molar-refractivity contribution is 0.0910. The van der Waals surface area contributed by atoms with E-state index in [0.717, 1.165) is 18.4 Å². The molecule has 0 aliphatic carbocycles. The highest BCUT2D eigenvalue weighted by Gasteiger charge is 2.28. The Kier molecular flexibility index (Phi) is 7.11. The van der Waals surface area contributed by atoms with Gasteiger partial charge in [0.05, 0.1) is 4.90 Å². The second kappa shape index (κ2) is 10.0. The van der Waals surface area contributed by atoms with E-state index in [-0.39, 0.29) is 16.6 Å². The van der Waals surface area contributed by atoms with E-state index in [9.17, 15) is 13.2 Å². The molecule has 10 heteroatoms. The number of sulfonamides is 1. The summed E-state index contributed by atoms with van der Waals surface area (Å²) < 4.78 is 32.4. The summed E-state index contributed by atoms with van der Waals surface area (Å²) in [5, 5.41) is 7.25. The second-order valence-electron chi connectivity index (χ2n) is 8.17. The number of rotatable bonds is 7. The maximum absolute atomic E-state index is 12.9. The zero-order chi connectivity index (χ0) is 23.4. The van der Waals surface area contributed by atoms with E-state index in [1.54, 1.807) is 24.3 Å². The van der Waals surface area contributed by atoms with Crippen molar-refractivity contribution in [2.75, 3.05) is 19.6 Å². The quantitative estimate of drug-likeness (QED) is 0.542. The Hall–Kier alpha value is -2.75. The largest absolute Gasteiger partial charge is 0.347 e. The lowest BCUT2D eigenvalue weighted by Gasteiger charge is -2.29. The van der Waals surface area contributed by atoms with Crippen molar-refractivity contribution < 1.29 is 17.7 Å². The molecular weight excluding hydrogens is 464 g/mol. The van der Waals surface area contributed by atoms with Gasteiger partial charge in [0.2, 0.25) is 15.8 Å². The van der Waals surface area contributed by atoms with Crippen LogP contribution in [0.3, 0.4) is 0 Å². The maximum Gasteiger partial charge on any atom is 0.316 e. The van der Waals surface area contributed by atoms with Gasteiger partial charge in [-0.3, -0.25) is 4.79 Å². The van der Waals surface area contributed by atoms with Gasteiger partial charge in [0, 0.05) is 30.2 Å². The van der Waals surface area contributed by atoms with Gasteiger partial charge in [-0.05, 0) is 67.1 Å². The van der Waals surface area contributed by atoms with Crippen molar-refractivity contribution in [2.24, 2.45) is 5.92 Å². The lowest BCUT2D eigenvalue weighted by atomic mass is 10.0. The van der Waals surface area contributed by atoms with Crippen LogP contribution in [0.2, 0.25) is 5.02 Å². The van der Waals surface area contributed by atoms with Crippen LogP contribution >= 0.6 is 11.6 Å². The van der Waals surface area contributed by atoms with Gasteiger partial charge in [0.15, 0.2) is 0 Å². The smallest absolute Gasteiger partial charge is 0.316 e. The number of amides is 1. The fourth-order valence-electron chi connectivity index (χ4n) is 3.63. The number of halogens is 1. The van der Waals surface area contributed by atoms with Crippen molar-refractivity contribution in [1.82, 2.24) is 19.8 Å². The van der Waals surface area contributed by atoms with E-state index < -0.39 is 15.9 Å². The molecule has 1 aromatic heterocycles. The minimum atomic E-state index is -3.53. The lowest BCUT2D eigenvalue weighted by Crippen LogP contribution is -2.37. The van der Waals surface area contributed by atoms with Crippen molar-refractivity contribution in [2.45, 2.75) is 31.1 Å². The van der Waals surface area contributed by atoms with Gasteiger partial charge in [0.25, 0.3) is 0 Å². The number of nitrogens with one attached hydrogen (secondary N) is 1. The first kappa shape index (κ1) is 23.4. The summed E-state index contributed by atoms with van der Waals surface area (Å²) in [4.78, 5) is 16.7. The van der Waals surface area contributed by atoms with Gasteiger partial charge >= 0.3 is 11.8 Å². The minimum absolute atomic E-state index is 0.153. The number of hydrogen-bond donors (Lipinski definition) is 1. The molecule has 4 rings (SSSR count). The molecule has 1 amide bonds. The van der Waals surface area contributed by atoms with Crippen molar-refractivity contribution in [3.8, 4) is 11.4 Å². The molecular formula is C23H25ClN4O4S. The Morgan fingerprint density at radius 3 is 2.45 bits per heavy atom. The first-order valence-corrected chi connectivity index (χ1v) is 12.6. The molecule has 1 aliphatic heterocycles. The highest BCUT2D eigenvalue weighted by atomic mass is 35.5. The first-order valence-electron chi connectivity index (χ1n) is 10.8. The highest BCUT2D eigenvalue weighted by molar-refractivity contribution is 7.89. The molecule has 0 spiro atoms. The van der Waals surface area contributed by atoms with Gasteiger partial charge in [0.1, 0.15) is 0 Å². The summed E-state index contributed by atoms with van der Waals surface area (Å²) in [6.45, 7) is 3.61. The average molecular weight is 489 g/mol. The number of carbonyl (C=O) groups is 1. The summed E-state index contributed by atoms with van der Waals surface area (Å²) in [7, 11) is -3.53. The first-order chi connectivity index (χ1) is 15.8. The molecule has 0 unspecified atom stereocenters. The van der Waals surface area contributed by atoms with Crippen LogP contribution in [-0.4, -0.2) is 48.4 Å². The van der Waals surface area contributed by atoms with Crippen molar-refractivity contribution in [1.29, 1.82) is 0 Å². The predicted molar refractivity (Wildman–Crippen MR) is 124 cm³/mol. The Bertz CT molecular complexity index is 1200. The monoisotopic (exact) mass is 488 g/mol. The van der Waals surface area contributed by atoms with E-state index in [1.807, 2.05) is 12.1 Å². The molecule has 8 nitrogen and oxygen atoms in total. The Labute approximate surface area is 198 Å². The molecule has 0 atom stereocenters. The van der Waals surface area contributed by atoms with Crippen molar-refractivity contribution in [3.05, 3.63) is 65.0 Å². The van der Waals surface area contributed by atoms with Crippen LogP contribution < -0.4 is 5.32 Å². The molecule has 1 saturated heterocycles. The molecule has 1 fully saturated rings. The van der Waals surface area contributed by atoms with E-state index >= 15 is 0 Å². The van der Waals surface area contributed by atoms with Crippen molar-refractivity contribution >= 4 is 27.5 Å². The van der Waals surface area contributed by atoms with Gasteiger partial charge < -0.3 is 9.84 Å². The Morgan fingerprint density at radius 1 is 1.12 bits per heavy atom. The SMILES string of the molecule is CC1CCN(S(=O)(=O)c2ccc(-c3noc(C(=O)NCCc4ccc(Cl)cc4)n3)cc2)CC1. The normalized spacial score (nSPS) is 15.5. The van der Waals surface area contributed by atoms with Gasteiger partial charge in [-0.2, -0.15) is 9.29 Å². The molecule has 33 heavy (non-hydrogen) atoms. The molecule has 0 radical (unpaired) electrons. The minimum Gasteiger partial charge on any atom is -0.347 e. The van der Waals surface area contributed by atoms with E-state index in [1.165, 1.54) is 16.4 Å². The number of nitrogens with zero attached hydrogens (tertiary/aromatic N) is 3. The third-order valence-corrected chi connectivity index (χ3v) is 7.89. The van der Waals surface area contributed by atoms with Gasteiger partial charge in [-0.25, -0.2) is 8.42 Å².